The summed E-state index contributed by atoms with van der Waals surface area (Å²) in [5.74, 6) is 0.863. The lowest BCUT2D eigenvalue weighted by atomic mass is 10.3. The molecular weight excluding hydrogens is 406 g/mol. The lowest BCUT2D eigenvalue weighted by molar-refractivity contribution is -0.137. The van der Waals surface area contributed by atoms with E-state index >= 15 is 0 Å². The van der Waals surface area contributed by atoms with Gasteiger partial charge in [-0.05, 0) is 42.6 Å². The molecule has 0 bridgehead atoms. The Morgan fingerprint density at radius 3 is 2.80 bits per heavy atom. The number of aromatic amines is 1. The molecule has 0 saturated heterocycles. The number of aromatic nitrogens is 2. The van der Waals surface area contributed by atoms with Crippen LogP contribution in [-0.4, -0.2) is 33.9 Å². The van der Waals surface area contributed by atoms with Gasteiger partial charge in [0.15, 0.2) is 6.10 Å². The van der Waals surface area contributed by atoms with E-state index < -0.39 is 6.10 Å². The highest BCUT2D eigenvalue weighted by molar-refractivity contribution is 9.10. The van der Waals surface area contributed by atoms with Gasteiger partial charge in [-0.3, -0.25) is 9.59 Å². The van der Waals surface area contributed by atoms with Gasteiger partial charge in [-0.2, -0.15) is 0 Å². The molecule has 8 heteroatoms. The van der Waals surface area contributed by atoms with E-state index in [1.54, 1.807) is 32.2 Å². The van der Waals surface area contributed by atoms with Crippen LogP contribution in [0.4, 0.5) is 0 Å². The zero-order chi connectivity index (χ0) is 18.0. The quantitative estimate of drug-likeness (QED) is 0.686. The van der Waals surface area contributed by atoms with Gasteiger partial charge in [0.05, 0.1) is 12.1 Å². The fraction of sp³-hybridized carbons (Fsp3) is 0.235. The second-order valence-corrected chi connectivity index (χ2v) is 7.39. The zero-order valence-corrected chi connectivity index (χ0v) is 16.1. The number of nitrogens with zero attached hydrogens (tertiary/aromatic N) is 2. The molecule has 0 radical (unpaired) electrons. The van der Waals surface area contributed by atoms with Gasteiger partial charge in [-0.15, -0.1) is 11.3 Å². The molecule has 1 amide bonds. The van der Waals surface area contributed by atoms with Gasteiger partial charge in [-0.25, -0.2) is 4.98 Å². The van der Waals surface area contributed by atoms with Crippen LogP contribution >= 0.6 is 27.3 Å². The number of hydrogen-bond acceptors (Lipinski definition) is 5. The van der Waals surface area contributed by atoms with E-state index in [-0.39, 0.29) is 18.0 Å². The lowest BCUT2D eigenvalue weighted by Gasteiger charge is -2.21. The van der Waals surface area contributed by atoms with E-state index in [1.165, 1.54) is 16.2 Å². The van der Waals surface area contributed by atoms with E-state index in [9.17, 15) is 9.59 Å². The SMILES string of the molecule is C[C@@H](Oc1ccc(Br)cc1)C(=O)N(C)Cc1nc2ccsc2c(=O)[nH]1. The summed E-state index contributed by atoms with van der Waals surface area (Å²) in [4.78, 5) is 33.1. The molecule has 0 spiro atoms. The molecule has 1 N–H and O–H groups in total. The molecule has 130 valence electrons. The maximum atomic E-state index is 12.5. The van der Waals surface area contributed by atoms with Crippen molar-refractivity contribution in [3.05, 3.63) is 56.4 Å². The Balaban J connectivity index is 1.68. The first kappa shape index (κ1) is 17.6. The van der Waals surface area contributed by atoms with Crippen LogP contribution < -0.4 is 10.3 Å². The molecule has 3 rings (SSSR count). The number of carbonyl (C=O) groups is 1. The molecule has 0 aliphatic carbocycles. The van der Waals surface area contributed by atoms with Gasteiger partial charge in [0, 0.05) is 11.5 Å². The molecule has 25 heavy (non-hydrogen) atoms. The van der Waals surface area contributed by atoms with E-state index in [1.807, 2.05) is 17.5 Å². The third kappa shape index (κ3) is 4.08. The molecule has 1 atom stereocenters. The average molecular weight is 422 g/mol. The van der Waals surface area contributed by atoms with Crippen LogP contribution in [0.3, 0.4) is 0 Å². The van der Waals surface area contributed by atoms with Crippen molar-refractivity contribution >= 4 is 43.4 Å². The lowest BCUT2D eigenvalue weighted by Crippen LogP contribution is -2.38. The first-order valence-corrected chi connectivity index (χ1v) is 9.25. The van der Waals surface area contributed by atoms with Gasteiger partial charge < -0.3 is 14.6 Å². The Hall–Kier alpha value is -2.19. The Bertz CT molecular complexity index is 952. The van der Waals surface area contributed by atoms with Gasteiger partial charge in [0.1, 0.15) is 16.3 Å². The summed E-state index contributed by atoms with van der Waals surface area (Å²) in [6.07, 6.45) is -0.650. The van der Waals surface area contributed by atoms with Crippen LogP contribution in [0.5, 0.6) is 5.75 Å². The minimum absolute atomic E-state index is 0.185. The predicted molar refractivity (Wildman–Crippen MR) is 101 cm³/mol. The summed E-state index contributed by atoms with van der Waals surface area (Å²) < 4.78 is 7.20. The maximum Gasteiger partial charge on any atom is 0.268 e. The second-order valence-electron chi connectivity index (χ2n) is 5.56. The topological polar surface area (TPSA) is 75.3 Å². The van der Waals surface area contributed by atoms with Crippen molar-refractivity contribution in [2.45, 2.75) is 19.6 Å². The number of rotatable bonds is 5. The second kappa shape index (κ2) is 7.37. The molecule has 0 fully saturated rings. The highest BCUT2D eigenvalue weighted by Crippen LogP contribution is 2.18. The van der Waals surface area contributed by atoms with E-state index in [0.717, 1.165) is 4.47 Å². The number of hydrogen-bond donors (Lipinski definition) is 1. The number of thiophene rings is 1. The fourth-order valence-electron chi connectivity index (χ4n) is 2.38. The Labute approximate surface area is 156 Å². The number of halogens is 1. The molecule has 2 heterocycles. The number of fused-ring (bicyclic) bond motifs is 1. The van der Waals surface area contributed by atoms with E-state index in [0.29, 0.717) is 21.8 Å². The molecule has 2 aromatic heterocycles. The Morgan fingerprint density at radius 1 is 1.36 bits per heavy atom. The van der Waals surface area contributed by atoms with Crippen molar-refractivity contribution in [1.29, 1.82) is 0 Å². The van der Waals surface area contributed by atoms with Crippen LogP contribution in [-0.2, 0) is 11.3 Å². The van der Waals surface area contributed by atoms with Crippen LogP contribution in [0.2, 0.25) is 0 Å². The smallest absolute Gasteiger partial charge is 0.268 e. The Morgan fingerprint density at radius 2 is 2.08 bits per heavy atom. The highest BCUT2D eigenvalue weighted by Gasteiger charge is 2.20. The number of H-pyrrole nitrogens is 1. The summed E-state index contributed by atoms with van der Waals surface area (Å²) >= 11 is 4.70. The van der Waals surface area contributed by atoms with Gasteiger partial charge >= 0.3 is 0 Å². The number of benzene rings is 1. The third-order valence-corrected chi connectivity index (χ3v) is 5.03. The maximum absolute atomic E-state index is 12.5. The normalized spacial score (nSPS) is 12.1. The molecule has 6 nitrogen and oxygen atoms in total. The minimum atomic E-state index is -0.650. The van der Waals surface area contributed by atoms with Crippen LogP contribution in [0.25, 0.3) is 10.2 Å². The number of carbonyl (C=O) groups excluding carboxylic acids is 1. The molecule has 3 aromatic rings. The minimum Gasteiger partial charge on any atom is -0.481 e. The average Bonchev–Trinajstić information content (AvgIpc) is 3.05. The molecule has 0 unspecified atom stereocenters. The van der Waals surface area contributed by atoms with Crippen molar-refractivity contribution in [2.75, 3.05) is 7.05 Å². The highest BCUT2D eigenvalue weighted by atomic mass is 79.9. The number of ether oxygens (including phenoxy) is 1. The van der Waals surface area contributed by atoms with Gasteiger partial charge in [-0.1, -0.05) is 15.9 Å². The zero-order valence-electron chi connectivity index (χ0n) is 13.7. The summed E-state index contributed by atoms with van der Waals surface area (Å²) in [5, 5.41) is 1.82. The standard InChI is InChI=1S/C17H16BrN3O3S/c1-10(24-12-5-3-11(18)4-6-12)17(23)21(2)9-14-19-13-7-8-25-15(13)16(22)20-14/h3-8,10H,9H2,1-2H3,(H,19,20,22)/t10-/m1/s1. The first-order chi connectivity index (χ1) is 11.9. The predicted octanol–water partition coefficient (Wildman–Crippen LogP) is 3.17. The number of likely N-dealkylation sites (N-methyl/N-ethyl adjacent to an activating group) is 1. The van der Waals surface area contributed by atoms with Crippen LogP contribution in [0.1, 0.15) is 12.7 Å². The summed E-state index contributed by atoms with van der Waals surface area (Å²) in [6, 6.07) is 9.07. The van der Waals surface area contributed by atoms with Gasteiger partial charge in [0.2, 0.25) is 0 Å². The number of nitrogens with one attached hydrogen (secondary N) is 1. The Kier molecular flexibility index (Phi) is 5.19. The van der Waals surface area contributed by atoms with Crippen molar-refractivity contribution < 1.29 is 9.53 Å². The molecule has 0 aliphatic heterocycles. The molecule has 1 aromatic carbocycles. The van der Waals surface area contributed by atoms with Crippen molar-refractivity contribution in [2.24, 2.45) is 0 Å². The van der Waals surface area contributed by atoms with Crippen LogP contribution in [0, 0.1) is 0 Å². The summed E-state index contributed by atoms with van der Waals surface area (Å²) in [6.45, 7) is 1.90. The summed E-state index contributed by atoms with van der Waals surface area (Å²) in [7, 11) is 1.65. The third-order valence-electron chi connectivity index (χ3n) is 3.60. The van der Waals surface area contributed by atoms with Crippen LogP contribution in [0.15, 0.2) is 45.0 Å². The van der Waals surface area contributed by atoms with E-state index in [4.69, 9.17) is 4.74 Å². The molecule has 0 saturated carbocycles. The van der Waals surface area contributed by atoms with Crippen molar-refractivity contribution in [1.82, 2.24) is 14.9 Å². The van der Waals surface area contributed by atoms with Crippen molar-refractivity contribution in [3.63, 3.8) is 0 Å². The summed E-state index contributed by atoms with van der Waals surface area (Å²) in [5.41, 5.74) is 0.457. The van der Waals surface area contributed by atoms with Crippen molar-refractivity contribution in [3.8, 4) is 5.75 Å². The fourth-order valence-corrected chi connectivity index (χ4v) is 3.37. The molecule has 0 aliphatic rings. The van der Waals surface area contributed by atoms with Gasteiger partial charge in [0.25, 0.3) is 11.5 Å². The number of amides is 1. The van der Waals surface area contributed by atoms with E-state index in [2.05, 4.69) is 25.9 Å². The monoisotopic (exact) mass is 421 g/mol. The molecular formula is C17H16BrN3O3S. The first-order valence-electron chi connectivity index (χ1n) is 7.57. The largest absolute Gasteiger partial charge is 0.481 e.